The Labute approximate surface area is 107 Å². The van der Waals surface area contributed by atoms with Crippen molar-refractivity contribution >= 4 is 12.2 Å². The standard InChI is InChI=1S/C16H16O2/c1-17-15-10-11-16(18-2)14(12-15)9-8-13-6-4-3-5-7-13/h3-12H,1-2H3/b9-8-. The maximum atomic E-state index is 5.33. The predicted molar refractivity (Wildman–Crippen MR) is 74.9 cm³/mol. The van der Waals surface area contributed by atoms with Crippen LogP contribution in [0.3, 0.4) is 0 Å². The van der Waals surface area contributed by atoms with Crippen LogP contribution in [0.15, 0.2) is 48.5 Å². The van der Waals surface area contributed by atoms with E-state index >= 15 is 0 Å². The fraction of sp³-hybridized carbons (Fsp3) is 0.125. The fourth-order valence-corrected chi connectivity index (χ4v) is 1.72. The quantitative estimate of drug-likeness (QED) is 0.755. The Hall–Kier alpha value is -2.22. The van der Waals surface area contributed by atoms with Crippen LogP contribution in [0.1, 0.15) is 11.1 Å². The van der Waals surface area contributed by atoms with Crippen molar-refractivity contribution in [3.8, 4) is 11.5 Å². The first kappa shape index (κ1) is 12.2. The topological polar surface area (TPSA) is 18.5 Å². The van der Waals surface area contributed by atoms with Crippen LogP contribution in [0.25, 0.3) is 12.2 Å². The van der Waals surface area contributed by atoms with E-state index in [1.807, 2.05) is 42.5 Å². The van der Waals surface area contributed by atoms with Gasteiger partial charge in [0.1, 0.15) is 11.5 Å². The maximum absolute atomic E-state index is 5.33. The van der Waals surface area contributed by atoms with Crippen LogP contribution in [-0.2, 0) is 0 Å². The first-order chi connectivity index (χ1) is 8.83. The molecule has 0 unspecified atom stereocenters. The van der Waals surface area contributed by atoms with Gasteiger partial charge in [0, 0.05) is 5.56 Å². The lowest BCUT2D eigenvalue weighted by atomic mass is 10.1. The highest BCUT2D eigenvalue weighted by atomic mass is 16.5. The Kier molecular flexibility index (Phi) is 4.02. The third kappa shape index (κ3) is 2.92. The Morgan fingerprint density at radius 2 is 1.61 bits per heavy atom. The molecule has 0 aliphatic rings. The summed E-state index contributed by atoms with van der Waals surface area (Å²) in [6.45, 7) is 0. The van der Waals surface area contributed by atoms with Crippen molar-refractivity contribution in [1.29, 1.82) is 0 Å². The molecular weight excluding hydrogens is 224 g/mol. The summed E-state index contributed by atoms with van der Waals surface area (Å²) in [5.74, 6) is 1.66. The molecule has 0 radical (unpaired) electrons. The number of methoxy groups -OCH3 is 2. The van der Waals surface area contributed by atoms with Gasteiger partial charge in [0.2, 0.25) is 0 Å². The largest absolute Gasteiger partial charge is 0.497 e. The molecule has 0 aliphatic heterocycles. The summed E-state index contributed by atoms with van der Waals surface area (Å²) in [7, 11) is 3.33. The van der Waals surface area contributed by atoms with Crippen molar-refractivity contribution in [1.82, 2.24) is 0 Å². The lowest BCUT2D eigenvalue weighted by Gasteiger charge is -2.07. The normalized spacial score (nSPS) is 10.6. The Bertz CT molecular complexity index is 530. The summed E-state index contributed by atoms with van der Waals surface area (Å²) < 4.78 is 10.5. The van der Waals surface area contributed by atoms with Gasteiger partial charge >= 0.3 is 0 Å². The van der Waals surface area contributed by atoms with Gasteiger partial charge in [-0.2, -0.15) is 0 Å². The summed E-state index contributed by atoms with van der Waals surface area (Å²) in [4.78, 5) is 0. The molecule has 92 valence electrons. The lowest BCUT2D eigenvalue weighted by molar-refractivity contribution is 0.402. The molecule has 0 N–H and O–H groups in total. The number of hydrogen-bond donors (Lipinski definition) is 0. The second-order valence-electron chi connectivity index (χ2n) is 3.85. The highest BCUT2D eigenvalue weighted by molar-refractivity contribution is 5.73. The number of rotatable bonds is 4. The summed E-state index contributed by atoms with van der Waals surface area (Å²) in [5.41, 5.74) is 2.16. The van der Waals surface area contributed by atoms with Gasteiger partial charge in [0.25, 0.3) is 0 Å². The first-order valence-electron chi connectivity index (χ1n) is 5.78. The summed E-state index contributed by atoms with van der Waals surface area (Å²) in [5, 5.41) is 0. The number of hydrogen-bond acceptors (Lipinski definition) is 2. The second kappa shape index (κ2) is 5.92. The minimum Gasteiger partial charge on any atom is -0.497 e. The van der Waals surface area contributed by atoms with Crippen molar-refractivity contribution in [3.63, 3.8) is 0 Å². The first-order valence-corrected chi connectivity index (χ1v) is 5.78. The van der Waals surface area contributed by atoms with Crippen molar-refractivity contribution in [2.45, 2.75) is 0 Å². The smallest absolute Gasteiger partial charge is 0.126 e. The molecule has 0 saturated heterocycles. The highest BCUT2D eigenvalue weighted by Crippen LogP contribution is 2.25. The molecule has 2 aromatic carbocycles. The van der Waals surface area contributed by atoms with Gasteiger partial charge in [0.05, 0.1) is 14.2 Å². The van der Waals surface area contributed by atoms with Gasteiger partial charge in [-0.3, -0.25) is 0 Å². The molecule has 2 nitrogen and oxygen atoms in total. The van der Waals surface area contributed by atoms with E-state index in [0.29, 0.717) is 0 Å². The molecule has 0 fully saturated rings. The second-order valence-corrected chi connectivity index (χ2v) is 3.85. The van der Waals surface area contributed by atoms with Gasteiger partial charge in [-0.25, -0.2) is 0 Å². The highest BCUT2D eigenvalue weighted by Gasteiger charge is 2.01. The molecule has 0 saturated carbocycles. The minimum atomic E-state index is 0.823. The zero-order valence-corrected chi connectivity index (χ0v) is 10.6. The van der Waals surface area contributed by atoms with Crippen LogP contribution < -0.4 is 9.47 Å². The summed E-state index contributed by atoms with van der Waals surface area (Å²) >= 11 is 0. The zero-order chi connectivity index (χ0) is 12.8. The molecule has 0 aliphatic carbocycles. The van der Waals surface area contributed by atoms with Crippen LogP contribution in [-0.4, -0.2) is 14.2 Å². The minimum absolute atomic E-state index is 0.823. The Morgan fingerprint density at radius 1 is 0.833 bits per heavy atom. The van der Waals surface area contributed by atoms with Crippen LogP contribution in [0.5, 0.6) is 11.5 Å². The van der Waals surface area contributed by atoms with E-state index in [2.05, 4.69) is 18.2 Å². The van der Waals surface area contributed by atoms with E-state index in [1.54, 1.807) is 14.2 Å². The van der Waals surface area contributed by atoms with Crippen molar-refractivity contribution in [3.05, 3.63) is 59.7 Å². The van der Waals surface area contributed by atoms with E-state index in [0.717, 1.165) is 22.6 Å². The Morgan fingerprint density at radius 3 is 2.28 bits per heavy atom. The van der Waals surface area contributed by atoms with Gasteiger partial charge in [-0.05, 0) is 23.8 Å². The molecule has 2 heteroatoms. The molecule has 0 amide bonds. The predicted octanol–water partition coefficient (Wildman–Crippen LogP) is 3.87. The molecule has 0 heterocycles. The lowest BCUT2D eigenvalue weighted by Crippen LogP contribution is -1.89. The van der Waals surface area contributed by atoms with Crippen LogP contribution in [0.4, 0.5) is 0 Å². The molecule has 2 aromatic rings. The summed E-state index contributed by atoms with van der Waals surface area (Å²) in [6.07, 6.45) is 4.08. The average molecular weight is 240 g/mol. The third-order valence-corrected chi connectivity index (χ3v) is 2.69. The van der Waals surface area contributed by atoms with Gasteiger partial charge < -0.3 is 9.47 Å². The van der Waals surface area contributed by atoms with Gasteiger partial charge in [-0.15, -0.1) is 0 Å². The van der Waals surface area contributed by atoms with Gasteiger partial charge in [0.15, 0.2) is 0 Å². The van der Waals surface area contributed by atoms with Crippen molar-refractivity contribution in [2.24, 2.45) is 0 Å². The fourth-order valence-electron chi connectivity index (χ4n) is 1.72. The molecule has 2 rings (SSSR count). The summed E-state index contributed by atoms with van der Waals surface area (Å²) in [6, 6.07) is 15.9. The van der Waals surface area contributed by atoms with Gasteiger partial charge in [-0.1, -0.05) is 42.5 Å². The van der Waals surface area contributed by atoms with E-state index in [-0.39, 0.29) is 0 Å². The SMILES string of the molecule is COc1ccc(OC)c(/C=C\c2ccccc2)c1. The molecule has 0 bridgehead atoms. The third-order valence-electron chi connectivity index (χ3n) is 2.69. The van der Waals surface area contributed by atoms with E-state index in [9.17, 15) is 0 Å². The number of ether oxygens (including phenoxy) is 2. The van der Waals surface area contributed by atoms with Crippen LogP contribution in [0, 0.1) is 0 Å². The van der Waals surface area contributed by atoms with E-state index < -0.39 is 0 Å². The molecule has 18 heavy (non-hydrogen) atoms. The number of benzene rings is 2. The molecule has 0 atom stereocenters. The Balaban J connectivity index is 2.30. The van der Waals surface area contributed by atoms with Crippen molar-refractivity contribution < 1.29 is 9.47 Å². The van der Waals surface area contributed by atoms with E-state index in [1.165, 1.54) is 0 Å². The molecule has 0 spiro atoms. The monoisotopic (exact) mass is 240 g/mol. The molecular formula is C16H16O2. The molecule has 0 aromatic heterocycles. The van der Waals surface area contributed by atoms with Crippen molar-refractivity contribution in [2.75, 3.05) is 14.2 Å². The zero-order valence-electron chi connectivity index (χ0n) is 10.6. The van der Waals surface area contributed by atoms with Crippen LogP contribution >= 0.6 is 0 Å². The maximum Gasteiger partial charge on any atom is 0.126 e. The van der Waals surface area contributed by atoms with E-state index in [4.69, 9.17) is 9.47 Å². The van der Waals surface area contributed by atoms with Crippen LogP contribution in [0.2, 0.25) is 0 Å². The average Bonchev–Trinajstić information content (AvgIpc) is 2.45.